The van der Waals surface area contributed by atoms with Gasteiger partial charge in [0.15, 0.2) is 5.82 Å². The third-order valence-corrected chi connectivity index (χ3v) is 4.32. The molecule has 2 aromatic heterocycles. The predicted molar refractivity (Wildman–Crippen MR) is 89.2 cm³/mol. The highest BCUT2D eigenvalue weighted by Crippen LogP contribution is 2.33. The summed E-state index contributed by atoms with van der Waals surface area (Å²) in [6, 6.07) is 5.24. The molecule has 0 saturated carbocycles. The number of nitrogen functional groups attached to an aromatic ring is 1. The SMILES string of the molecule is Nc1nccc(N[C@@H]2CCCc3c2cnn3-c2ccc(F)cc2F)n1. The van der Waals surface area contributed by atoms with Gasteiger partial charge in [0.05, 0.1) is 12.2 Å². The standard InChI is InChI=1S/C17H16F2N6/c18-10-4-5-15(12(19)8-10)25-14-3-1-2-13(11(14)9-22-25)23-16-6-7-21-17(20)24-16/h4-9,13H,1-3H2,(H3,20,21,23,24)/t13-/m1/s1. The van der Waals surface area contributed by atoms with E-state index in [9.17, 15) is 8.78 Å². The Morgan fingerprint density at radius 2 is 2.12 bits per heavy atom. The molecule has 128 valence electrons. The van der Waals surface area contributed by atoms with Gasteiger partial charge in [0, 0.05) is 23.5 Å². The number of fused-ring (bicyclic) bond motifs is 1. The topological polar surface area (TPSA) is 81.6 Å². The van der Waals surface area contributed by atoms with Crippen LogP contribution in [0, 0.1) is 11.6 Å². The van der Waals surface area contributed by atoms with Crippen LogP contribution in [0.4, 0.5) is 20.5 Å². The van der Waals surface area contributed by atoms with Crippen molar-refractivity contribution in [3.8, 4) is 5.69 Å². The van der Waals surface area contributed by atoms with Crippen molar-refractivity contribution in [1.29, 1.82) is 0 Å². The lowest BCUT2D eigenvalue weighted by Crippen LogP contribution is -2.19. The van der Waals surface area contributed by atoms with E-state index >= 15 is 0 Å². The molecule has 4 rings (SSSR count). The Hall–Kier alpha value is -3.03. The maximum Gasteiger partial charge on any atom is 0.221 e. The molecule has 25 heavy (non-hydrogen) atoms. The summed E-state index contributed by atoms with van der Waals surface area (Å²) >= 11 is 0. The number of nitrogens with one attached hydrogen (secondary N) is 1. The van der Waals surface area contributed by atoms with Gasteiger partial charge in [0.25, 0.3) is 0 Å². The minimum Gasteiger partial charge on any atom is -0.368 e. The lowest BCUT2D eigenvalue weighted by atomic mass is 9.93. The highest BCUT2D eigenvalue weighted by atomic mass is 19.1. The molecular formula is C17H16F2N6. The number of benzene rings is 1. The summed E-state index contributed by atoms with van der Waals surface area (Å²) in [5, 5.41) is 7.65. The monoisotopic (exact) mass is 342 g/mol. The van der Waals surface area contributed by atoms with Crippen LogP contribution in [-0.2, 0) is 6.42 Å². The first-order valence-corrected chi connectivity index (χ1v) is 7.99. The average Bonchev–Trinajstić information content (AvgIpc) is 3.00. The number of nitrogens with two attached hydrogens (primary N) is 1. The van der Waals surface area contributed by atoms with Gasteiger partial charge in [0.2, 0.25) is 5.95 Å². The van der Waals surface area contributed by atoms with Gasteiger partial charge in [-0.05, 0) is 37.5 Å². The first-order chi connectivity index (χ1) is 12.1. The van der Waals surface area contributed by atoms with Gasteiger partial charge in [0.1, 0.15) is 17.3 Å². The first kappa shape index (κ1) is 15.5. The minimum absolute atomic E-state index is 0.00434. The second kappa shape index (κ2) is 6.12. The fourth-order valence-corrected chi connectivity index (χ4v) is 3.20. The van der Waals surface area contributed by atoms with E-state index in [0.717, 1.165) is 36.6 Å². The Morgan fingerprint density at radius 1 is 1.24 bits per heavy atom. The van der Waals surface area contributed by atoms with E-state index in [-0.39, 0.29) is 17.7 Å². The molecule has 0 fully saturated rings. The predicted octanol–water partition coefficient (Wildman–Crippen LogP) is 3.01. The van der Waals surface area contributed by atoms with E-state index in [0.29, 0.717) is 5.82 Å². The lowest BCUT2D eigenvalue weighted by Gasteiger charge is -2.24. The van der Waals surface area contributed by atoms with Crippen LogP contribution in [0.5, 0.6) is 0 Å². The average molecular weight is 342 g/mol. The molecule has 0 amide bonds. The normalized spacial score (nSPS) is 16.5. The van der Waals surface area contributed by atoms with Crippen LogP contribution in [0.25, 0.3) is 5.69 Å². The second-order valence-corrected chi connectivity index (χ2v) is 5.94. The quantitative estimate of drug-likeness (QED) is 0.765. The van der Waals surface area contributed by atoms with Crippen molar-refractivity contribution in [2.24, 2.45) is 0 Å². The molecule has 0 bridgehead atoms. The van der Waals surface area contributed by atoms with Gasteiger partial charge < -0.3 is 11.1 Å². The highest BCUT2D eigenvalue weighted by Gasteiger charge is 2.26. The lowest BCUT2D eigenvalue weighted by molar-refractivity contribution is 0.558. The van der Waals surface area contributed by atoms with Crippen molar-refractivity contribution in [2.45, 2.75) is 25.3 Å². The molecule has 0 saturated heterocycles. The molecule has 0 spiro atoms. The van der Waals surface area contributed by atoms with Gasteiger partial charge in [-0.15, -0.1) is 0 Å². The number of hydrogen-bond donors (Lipinski definition) is 2. The number of anilines is 2. The fourth-order valence-electron chi connectivity index (χ4n) is 3.20. The van der Waals surface area contributed by atoms with E-state index < -0.39 is 11.6 Å². The number of nitrogens with zero attached hydrogens (tertiary/aromatic N) is 4. The fraction of sp³-hybridized carbons (Fsp3) is 0.235. The van der Waals surface area contributed by atoms with E-state index in [1.54, 1.807) is 23.1 Å². The first-order valence-electron chi connectivity index (χ1n) is 7.99. The van der Waals surface area contributed by atoms with Crippen molar-refractivity contribution in [3.63, 3.8) is 0 Å². The molecule has 6 nitrogen and oxygen atoms in total. The number of halogens is 2. The molecule has 1 atom stereocenters. The largest absolute Gasteiger partial charge is 0.368 e. The van der Waals surface area contributed by atoms with Gasteiger partial charge in [-0.1, -0.05) is 0 Å². The zero-order valence-corrected chi connectivity index (χ0v) is 13.3. The smallest absolute Gasteiger partial charge is 0.221 e. The van der Waals surface area contributed by atoms with E-state index in [1.807, 2.05) is 0 Å². The van der Waals surface area contributed by atoms with Gasteiger partial charge in [-0.2, -0.15) is 10.1 Å². The Balaban J connectivity index is 1.68. The minimum atomic E-state index is -0.635. The molecule has 1 aliphatic carbocycles. The molecule has 0 aliphatic heterocycles. The van der Waals surface area contributed by atoms with Crippen LogP contribution < -0.4 is 11.1 Å². The summed E-state index contributed by atoms with van der Waals surface area (Å²) in [4.78, 5) is 8.03. The maximum absolute atomic E-state index is 14.1. The summed E-state index contributed by atoms with van der Waals surface area (Å²) < 4.78 is 28.8. The van der Waals surface area contributed by atoms with Crippen molar-refractivity contribution >= 4 is 11.8 Å². The molecule has 2 heterocycles. The zero-order valence-electron chi connectivity index (χ0n) is 13.3. The van der Waals surface area contributed by atoms with Crippen LogP contribution >= 0.6 is 0 Å². The van der Waals surface area contributed by atoms with E-state index in [1.165, 1.54) is 12.1 Å². The van der Waals surface area contributed by atoms with E-state index in [2.05, 4.69) is 20.4 Å². The van der Waals surface area contributed by atoms with Crippen LogP contribution in [0.15, 0.2) is 36.7 Å². The Morgan fingerprint density at radius 3 is 2.92 bits per heavy atom. The summed E-state index contributed by atoms with van der Waals surface area (Å²) in [7, 11) is 0. The summed E-state index contributed by atoms with van der Waals surface area (Å²) in [5.41, 5.74) is 7.75. The molecule has 0 unspecified atom stereocenters. The van der Waals surface area contributed by atoms with E-state index in [4.69, 9.17) is 5.73 Å². The van der Waals surface area contributed by atoms with Crippen LogP contribution in [-0.4, -0.2) is 19.7 Å². The molecule has 1 aliphatic rings. The summed E-state index contributed by atoms with van der Waals surface area (Å²) in [5.74, 6) is -0.413. The summed E-state index contributed by atoms with van der Waals surface area (Å²) in [6.45, 7) is 0. The van der Waals surface area contributed by atoms with Gasteiger partial charge >= 0.3 is 0 Å². The van der Waals surface area contributed by atoms with Crippen molar-refractivity contribution in [3.05, 3.63) is 59.6 Å². The second-order valence-electron chi connectivity index (χ2n) is 5.94. The Bertz CT molecular complexity index is 923. The number of rotatable bonds is 3. The molecule has 3 aromatic rings. The van der Waals surface area contributed by atoms with Crippen LogP contribution in [0.1, 0.15) is 30.1 Å². The summed E-state index contributed by atoms with van der Waals surface area (Å²) in [6.07, 6.45) is 5.90. The molecular weight excluding hydrogens is 326 g/mol. The maximum atomic E-state index is 14.1. The molecule has 1 aromatic carbocycles. The number of aromatic nitrogens is 4. The molecule has 8 heteroatoms. The Labute approximate surface area is 142 Å². The Kier molecular flexibility index (Phi) is 3.79. The number of hydrogen-bond acceptors (Lipinski definition) is 5. The highest BCUT2D eigenvalue weighted by molar-refractivity contribution is 5.44. The third-order valence-electron chi connectivity index (χ3n) is 4.32. The van der Waals surface area contributed by atoms with Crippen molar-refractivity contribution < 1.29 is 8.78 Å². The van der Waals surface area contributed by atoms with Crippen molar-refractivity contribution in [2.75, 3.05) is 11.1 Å². The van der Waals surface area contributed by atoms with Gasteiger partial charge in [-0.25, -0.2) is 18.4 Å². The zero-order chi connectivity index (χ0) is 17.4. The van der Waals surface area contributed by atoms with Crippen LogP contribution in [0.3, 0.4) is 0 Å². The molecule has 0 radical (unpaired) electrons. The van der Waals surface area contributed by atoms with Crippen LogP contribution in [0.2, 0.25) is 0 Å². The third kappa shape index (κ3) is 2.90. The van der Waals surface area contributed by atoms with Crippen molar-refractivity contribution in [1.82, 2.24) is 19.7 Å². The van der Waals surface area contributed by atoms with Gasteiger partial charge in [-0.3, -0.25) is 0 Å². The molecule has 3 N–H and O–H groups in total.